The molecule has 1 fully saturated rings. The van der Waals surface area contributed by atoms with Crippen molar-refractivity contribution in [1.82, 2.24) is 5.32 Å². The molecule has 5 nitrogen and oxygen atoms in total. The lowest BCUT2D eigenvalue weighted by atomic mass is 10.1. The van der Waals surface area contributed by atoms with Gasteiger partial charge in [-0.1, -0.05) is 17.7 Å². The van der Waals surface area contributed by atoms with Gasteiger partial charge in [-0.2, -0.15) is 0 Å². The maximum Gasteiger partial charge on any atom is 0.222 e. The summed E-state index contributed by atoms with van der Waals surface area (Å²) < 4.78 is 22.7. The Kier molecular flexibility index (Phi) is 5.34. The first-order valence-electron chi connectivity index (χ1n) is 7.27. The quantitative estimate of drug-likeness (QED) is 0.857. The summed E-state index contributed by atoms with van der Waals surface area (Å²) in [7, 11) is -2.97. The van der Waals surface area contributed by atoms with Crippen molar-refractivity contribution in [2.75, 3.05) is 23.4 Å². The van der Waals surface area contributed by atoms with Gasteiger partial charge in [0.15, 0.2) is 9.84 Å². The first kappa shape index (κ1) is 17.1. The number of halogens is 1. The van der Waals surface area contributed by atoms with Crippen LogP contribution < -0.4 is 10.6 Å². The number of rotatable bonds is 5. The summed E-state index contributed by atoms with van der Waals surface area (Å²) in [6.45, 7) is 4.39. The molecule has 0 radical (unpaired) electrons. The number of carbonyl (C=O) groups excluding carboxylic acids is 1. The molecule has 1 aromatic rings. The monoisotopic (exact) mass is 344 g/mol. The Bertz CT molecular complexity index is 650. The van der Waals surface area contributed by atoms with Crippen LogP contribution in [0.1, 0.15) is 24.0 Å². The molecule has 0 aliphatic carbocycles. The number of hydrogen-bond acceptors (Lipinski definition) is 4. The zero-order valence-electron chi connectivity index (χ0n) is 12.8. The van der Waals surface area contributed by atoms with E-state index in [0.29, 0.717) is 18.0 Å². The topological polar surface area (TPSA) is 75.3 Å². The molecule has 1 amide bonds. The molecule has 1 atom stereocenters. The maximum atomic E-state index is 11.8. The molecule has 1 aliphatic heterocycles. The second-order valence-corrected chi connectivity index (χ2v) is 8.42. The largest absolute Gasteiger partial charge is 0.383 e. The number of amides is 1. The Labute approximate surface area is 136 Å². The number of aryl methyl sites for hydroxylation is 2. The van der Waals surface area contributed by atoms with Gasteiger partial charge in [-0.25, -0.2) is 8.42 Å². The summed E-state index contributed by atoms with van der Waals surface area (Å²) in [6.07, 6.45) is 0.782. The standard InChI is InChI=1S/C15H21ClN2O3S/c1-10-7-11(2)15(13(16)8-10)17-5-3-14(19)18-12-4-6-22(20,21)9-12/h7-8,12,17H,3-6,9H2,1-2H3,(H,18,19). The van der Waals surface area contributed by atoms with Crippen molar-refractivity contribution in [3.8, 4) is 0 Å². The SMILES string of the molecule is Cc1cc(C)c(NCCC(=O)NC2CCS(=O)(=O)C2)c(Cl)c1. The van der Waals surface area contributed by atoms with Crippen molar-refractivity contribution in [3.63, 3.8) is 0 Å². The van der Waals surface area contributed by atoms with Crippen LogP contribution >= 0.6 is 11.6 Å². The van der Waals surface area contributed by atoms with Gasteiger partial charge in [-0.15, -0.1) is 0 Å². The van der Waals surface area contributed by atoms with Crippen LogP contribution in [0.3, 0.4) is 0 Å². The highest BCUT2D eigenvalue weighted by Gasteiger charge is 2.28. The average molecular weight is 345 g/mol. The van der Waals surface area contributed by atoms with Gasteiger partial charge in [0.05, 0.1) is 22.2 Å². The Morgan fingerprint density at radius 3 is 2.68 bits per heavy atom. The van der Waals surface area contributed by atoms with E-state index in [4.69, 9.17) is 11.6 Å². The third-order valence-electron chi connectivity index (χ3n) is 3.68. The van der Waals surface area contributed by atoms with E-state index in [9.17, 15) is 13.2 Å². The molecule has 1 aromatic carbocycles. The third kappa shape index (κ3) is 4.61. The number of carbonyl (C=O) groups is 1. The van der Waals surface area contributed by atoms with E-state index >= 15 is 0 Å². The second-order valence-electron chi connectivity index (χ2n) is 5.78. The molecule has 0 aromatic heterocycles. The third-order valence-corrected chi connectivity index (χ3v) is 5.75. The maximum absolute atomic E-state index is 11.8. The van der Waals surface area contributed by atoms with E-state index in [2.05, 4.69) is 10.6 Å². The van der Waals surface area contributed by atoms with Gasteiger partial charge in [0, 0.05) is 19.0 Å². The summed E-state index contributed by atoms with van der Waals surface area (Å²) in [4.78, 5) is 11.8. The number of hydrogen-bond donors (Lipinski definition) is 2. The van der Waals surface area contributed by atoms with Crippen LogP contribution in [-0.2, 0) is 14.6 Å². The van der Waals surface area contributed by atoms with Gasteiger partial charge in [0.25, 0.3) is 0 Å². The summed E-state index contributed by atoms with van der Waals surface area (Å²) in [5.41, 5.74) is 2.96. The minimum atomic E-state index is -2.97. The minimum absolute atomic E-state index is 0.0507. The Balaban J connectivity index is 1.80. The van der Waals surface area contributed by atoms with E-state index < -0.39 is 9.84 Å². The molecule has 0 spiro atoms. The summed E-state index contributed by atoms with van der Waals surface area (Å²) in [6, 6.07) is 3.65. The van der Waals surface area contributed by atoms with Gasteiger partial charge in [0.1, 0.15) is 0 Å². The van der Waals surface area contributed by atoms with Crippen LogP contribution in [0.15, 0.2) is 12.1 Å². The zero-order chi connectivity index (χ0) is 16.3. The molecular formula is C15H21ClN2O3S. The van der Waals surface area contributed by atoms with Crippen LogP contribution in [0.5, 0.6) is 0 Å². The predicted octanol–water partition coefficient (Wildman–Crippen LogP) is 2.06. The number of sulfone groups is 1. The normalized spacial score (nSPS) is 19.9. The van der Waals surface area contributed by atoms with Crippen molar-refractivity contribution >= 4 is 33.0 Å². The summed E-state index contributed by atoms with van der Waals surface area (Å²) in [5.74, 6) is 0.0687. The highest BCUT2D eigenvalue weighted by Crippen LogP contribution is 2.27. The van der Waals surface area contributed by atoms with Crippen molar-refractivity contribution in [2.45, 2.75) is 32.7 Å². The summed E-state index contributed by atoms with van der Waals surface area (Å²) in [5, 5.41) is 6.58. The van der Waals surface area contributed by atoms with Gasteiger partial charge < -0.3 is 10.6 Å². The van der Waals surface area contributed by atoms with Crippen molar-refractivity contribution in [3.05, 3.63) is 28.3 Å². The zero-order valence-corrected chi connectivity index (χ0v) is 14.4. The molecular weight excluding hydrogens is 324 g/mol. The molecule has 7 heteroatoms. The van der Waals surface area contributed by atoms with Crippen LogP contribution in [-0.4, -0.2) is 38.4 Å². The lowest BCUT2D eigenvalue weighted by molar-refractivity contribution is -0.121. The lowest BCUT2D eigenvalue weighted by Gasteiger charge is -2.14. The van der Waals surface area contributed by atoms with E-state index in [1.807, 2.05) is 26.0 Å². The Morgan fingerprint density at radius 2 is 2.09 bits per heavy atom. The van der Waals surface area contributed by atoms with E-state index in [1.54, 1.807) is 0 Å². The number of benzene rings is 1. The molecule has 122 valence electrons. The Hall–Kier alpha value is -1.27. The molecule has 2 N–H and O–H groups in total. The number of nitrogens with one attached hydrogen (secondary N) is 2. The van der Waals surface area contributed by atoms with Crippen molar-refractivity contribution in [1.29, 1.82) is 0 Å². The first-order valence-corrected chi connectivity index (χ1v) is 9.47. The molecule has 1 aliphatic rings. The van der Waals surface area contributed by atoms with Crippen LogP contribution in [0.2, 0.25) is 5.02 Å². The lowest BCUT2D eigenvalue weighted by Crippen LogP contribution is -2.36. The molecule has 0 saturated carbocycles. The smallest absolute Gasteiger partial charge is 0.222 e. The van der Waals surface area contributed by atoms with E-state index in [1.165, 1.54) is 0 Å². The predicted molar refractivity (Wildman–Crippen MR) is 89.2 cm³/mol. The molecule has 1 unspecified atom stereocenters. The highest BCUT2D eigenvalue weighted by molar-refractivity contribution is 7.91. The highest BCUT2D eigenvalue weighted by atomic mass is 35.5. The van der Waals surface area contributed by atoms with Gasteiger partial charge in [-0.05, 0) is 37.5 Å². The van der Waals surface area contributed by atoms with Gasteiger partial charge >= 0.3 is 0 Å². The fourth-order valence-electron chi connectivity index (χ4n) is 2.65. The van der Waals surface area contributed by atoms with Crippen LogP contribution in [0.25, 0.3) is 0 Å². The molecule has 2 rings (SSSR count). The van der Waals surface area contributed by atoms with E-state index in [0.717, 1.165) is 16.8 Å². The van der Waals surface area contributed by atoms with E-state index in [-0.39, 0.29) is 29.9 Å². The number of anilines is 1. The van der Waals surface area contributed by atoms with Crippen molar-refractivity contribution in [2.24, 2.45) is 0 Å². The van der Waals surface area contributed by atoms with Crippen LogP contribution in [0, 0.1) is 13.8 Å². The fourth-order valence-corrected chi connectivity index (χ4v) is 4.71. The average Bonchev–Trinajstić information content (AvgIpc) is 2.71. The minimum Gasteiger partial charge on any atom is -0.383 e. The molecule has 0 bridgehead atoms. The Morgan fingerprint density at radius 1 is 1.36 bits per heavy atom. The van der Waals surface area contributed by atoms with Crippen molar-refractivity contribution < 1.29 is 13.2 Å². The van der Waals surface area contributed by atoms with Crippen LogP contribution in [0.4, 0.5) is 5.69 Å². The molecule has 1 saturated heterocycles. The first-order chi connectivity index (χ1) is 10.3. The second kappa shape index (κ2) is 6.87. The molecule has 1 heterocycles. The summed E-state index contributed by atoms with van der Waals surface area (Å²) >= 11 is 6.19. The molecule has 22 heavy (non-hydrogen) atoms. The van der Waals surface area contributed by atoms with Gasteiger partial charge in [-0.3, -0.25) is 4.79 Å². The van der Waals surface area contributed by atoms with Gasteiger partial charge in [0.2, 0.25) is 5.91 Å². The fraction of sp³-hybridized carbons (Fsp3) is 0.533.